The molecule has 14 heavy (non-hydrogen) atoms. The van der Waals surface area contributed by atoms with Gasteiger partial charge in [0.1, 0.15) is 6.33 Å². The fraction of sp³-hybridized carbons (Fsp3) is 0.111. The molecule has 0 spiro atoms. The van der Waals surface area contributed by atoms with Crippen molar-refractivity contribution in [2.45, 2.75) is 0 Å². The molecule has 0 aliphatic carbocycles. The molecule has 0 bridgehead atoms. The first kappa shape index (κ1) is 9.68. The van der Waals surface area contributed by atoms with Crippen LogP contribution in [0.25, 0.3) is 11.4 Å². The van der Waals surface area contributed by atoms with E-state index in [1.54, 1.807) is 11.0 Å². The van der Waals surface area contributed by atoms with Crippen molar-refractivity contribution in [3.63, 3.8) is 0 Å². The van der Waals surface area contributed by atoms with E-state index in [0.29, 0.717) is 10.8 Å². The van der Waals surface area contributed by atoms with Crippen LogP contribution in [0.1, 0.15) is 0 Å². The zero-order chi connectivity index (χ0) is 10.1. The topological polar surface area (TPSA) is 30.7 Å². The number of aryl methyl sites for hydroxylation is 1. The molecule has 0 saturated carbocycles. The number of rotatable bonds is 1. The zero-order valence-electron chi connectivity index (χ0n) is 7.41. The Hall–Kier alpha value is -0.870. The fourth-order valence-electron chi connectivity index (χ4n) is 1.13. The summed E-state index contributed by atoms with van der Waals surface area (Å²) in [7, 11) is 1.83. The first-order valence-corrected chi connectivity index (χ1v) is 5.15. The third-order valence-corrected chi connectivity index (χ3v) is 2.70. The Morgan fingerprint density at radius 1 is 1.43 bits per heavy atom. The first-order chi connectivity index (χ1) is 6.66. The number of hydrogen-bond acceptors (Lipinski definition) is 2. The molecule has 0 atom stereocenters. The molecule has 5 heteroatoms. The SMILES string of the molecule is Cn1cnc(-c2cc(Cl)ccc2Br)n1. The van der Waals surface area contributed by atoms with Crippen LogP contribution in [-0.2, 0) is 7.05 Å². The molecule has 0 aliphatic rings. The Bertz CT molecular complexity index is 467. The molecule has 0 saturated heterocycles. The quantitative estimate of drug-likeness (QED) is 0.799. The predicted molar refractivity (Wildman–Crippen MR) is 59.1 cm³/mol. The van der Waals surface area contributed by atoms with Crippen LogP contribution >= 0.6 is 27.5 Å². The maximum absolute atomic E-state index is 5.89. The van der Waals surface area contributed by atoms with Gasteiger partial charge in [-0.2, -0.15) is 5.10 Å². The van der Waals surface area contributed by atoms with Gasteiger partial charge in [0.05, 0.1) is 0 Å². The predicted octanol–water partition coefficient (Wildman–Crippen LogP) is 2.90. The molecule has 0 radical (unpaired) electrons. The van der Waals surface area contributed by atoms with Crippen LogP contribution in [0.3, 0.4) is 0 Å². The van der Waals surface area contributed by atoms with E-state index in [0.717, 1.165) is 10.0 Å². The highest BCUT2D eigenvalue weighted by molar-refractivity contribution is 9.10. The van der Waals surface area contributed by atoms with Gasteiger partial charge in [0.25, 0.3) is 0 Å². The molecule has 2 rings (SSSR count). The molecular weight excluding hydrogens is 265 g/mol. The highest BCUT2D eigenvalue weighted by Gasteiger charge is 2.07. The van der Waals surface area contributed by atoms with E-state index in [9.17, 15) is 0 Å². The standard InChI is InChI=1S/C9H7BrClN3/c1-14-5-12-9(13-14)7-4-6(11)2-3-8(7)10/h2-5H,1H3. The average Bonchev–Trinajstić information content (AvgIpc) is 2.56. The molecule has 0 amide bonds. The van der Waals surface area contributed by atoms with Gasteiger partial charge < -0.3 is 0 Å². The molecule has 0 aliphatic heterocycles. The highest BCUT2D eigenvalue weighted by atomic mass is 79.9. The molecule has 0 unspecified atom stereocenters. The minimum absolute atomic E-state index is 0.668. The minimum atomic E-state index is 0.668. The van der Waals surface area contributed by atoms with Gasteiger partial charge in [-0.15, -0.1) is 0 Å². The molecule has 1 heterocycles. The molecule has 0 N–H and O–H groups in total. The molecule has 3 nitrogen and oxygen atoms in total. The van der Waals surface area contributed by atoms with Crippen molar-refractivity contribution in [1.29, 1.82) is 0 Å². The summed E-state index contributed by atoms with van der Waals surface area (Å²) in [4.78, 5) is 4.15. The van der Waals surface area contributed by atoms with Crippen molar-refractivity contribution >= 4 is 27.5 Å². The van der Waals surface area contributed by atoms with Crippen LogP contribution in [0, 0.1) is 0 Å². The largest absolute Gasteiger partial charge is 0.255 e. The minimum Gasteiger partial charge on any atom is -0.255 e. The van der Waals surface area contributed by atoms with Crippen LogP contribution in [0.2, 0.25) is 5.02 Å². The monoisotopic (exact) mass is 271 g/mol. The lowest BCUT2D eigenvalue weighted by molar-refractivity contribution is 0.768. The highest BCUT2D eigenvalue weighted by Crippen LogP contribution is 2.28. The van der Waals surface area contributed by atoms with Crippen LogP contribution in [0.15, 0.2) is 29.0 Å². The lowest BCUT2D eigenvalue weighted by Gasteiger charge is -1.99. The van der Waals surface area contributed by atoms with Gasteiger partial charge in [0.2, 0.25) is 0 Å². The van der Waals surface area contributed by atoms with Gasteiger partial charge in [0.15, 0.2) is 5.82 Å². The summed E-state index contributed by atoms with van der Waals surface area (Å²) in [6.45, 7) is 0. The average molecular weight is 273 g/mol. The van der Waals surface area contributed by atoms with Crippen molar-refractivity contribution in [2.75, 3.05) is 0 Å². The van der Waals surface area contributed by atoms with Gasteiger partial charge in [-0.05, 0) is 18.2 Å². The normalized spacial score (nSPS) is 10.5. The Morgan fingerprint density at radius 2 is 2.21 bits per heavy atom. The van der Waals surface area contributed by atoms with E-state index in [-0.39, 0.29) is 0 Å². The van der Waals surface area contributed by atoms with Crippen LogP contribution in [-0.4, -0.2) is 14.8 Å². The van der Waals surface area contributed by atoms with Crippen LogP contribution < -0.4 is 0 Å². The smallest absolute Gasteiger partial charge is 0.182 e. The van der Waals surface area contributed by atoms with Gasteiger partial charge in [0, 0.05) is 22.1 Å². The van der Waals surface area contributed by atoms with Crippen molar-refractivity contribution in [2.24, 2.45) is 7.05 Å². The van der Waals surface area contributed by atoms with Gasteiger partial charge >= 0.3 is 0 Å². The zero-order valence-corrected chi connectivity index (χ0v) is 9.75. The molecule has 2 aromatic rings. The Balaban J connectivity index is 2.55. The second-order valence-corrected chi connectivity index (χ2v) is 4.16. The molecular formula is C9H7BrClN3. The number of benzene rings is 1. The Labute approximate surface area is 94.9 Å². The summed E-state index contributed by atoms with van der Waals surface area (Å²) in [5.74, 6) is 0.668. The Kier molecular flexibility index (Phi) is 2.56. The van der Waals surface area contributed by atoms with Gasteiger partial charge in [-0.25, -0.2) is 4.98 Å². The van der Waals surface area contributed by atoms with Gasteiger partial charge in [-0.1, -0.05) is 27.5 Å². The van der Waals surface area contributed by atoms with E-state index in [4.69, 9.17) is 11.6 Å². The second-order valence-electron chi connectivity index (χ2n) is 2.87. The third kappa shape index (κ3) is 1.81. The van der Waals surface area contributed by atoms with Crippen molar-refractivity contribution in [1.82, 2.24) is 14.8 Å². The molecule has 72 valence electrons. The lowest BCUT2D eigenvalue weighted by atomic mass is 10.2. The summed E-state index contributed by atoms with van der Waals surface area (Å²) >= 11 is 9.32. The number of nitrogens with zero attached hydrogens (tertiary/aromatic N) is 3. The van der Waals surface area contributed by atoms with E-state index in [2.05, 4.69) is 26.0 Å². The Morgan fingerprint density at radius 3 is 2.86 bits per heavy atom. The maximum Gasteiger partial charge on any atom is 0.182 e. The lowest BCUT2D eigenvalue weighted by Crippen LogP contribution is -1.88. The molecule has 1 aromatic heterocycles. The van der Waals surface area contributed by atoms with Crippen LogP contribution in [0.5, 0.6) is 0 Å². The third-order valence-electron chi connectivity index (χ3n) is 1.77. The molecule has 1 aromatic carbocycles. The number of hydrogen-bond donors (Lipinski definition) is 0. The first-order valence-electron chi connectivity index (χ1n) is 3.98. The number of aromatic nitrogens is 3. The summed E-state index contributed by atoms with van der Waals surface area (Å²) < 4.78 is 2.59. The molecule has 0 fully saturated rings. The summed E-state index contributed by atoms with van der Waals surface area (Å²) in [6.07, 6.45) is 1.66. The summed E-state index contributed by atoms with van der Waals surface area (Å²) in [6, 6.07) is 5.53. The fourth-order valence-corrected chi connectivity index (χ4v) is 1.73. The van der Waals surface area contributed by atoms with E-state index < -0.39 is 0 Å². The van der Waals surface area contributed by atoms with Crippen LogP contribution in [0.4, 0.5) is 0 Å². The van der Waals surface area contributed by atoms with Crippen molar-refractivity contribution in [3.8, 4) is 11.4 Å². The van der Waals surface area contributed by atoms with Crippen molar-refractivity contribution in [3.05, 3.63) is 34.0 Å². The second kappa shape index (κ2) is 3.71. The van der Waals surface area contributed by atoms with Gasteiger partial charge in [-0.3, -0.25) is 4.68 Å². The maximum atomic E-state index is 5.89. The van der Waals surface area contributed by atoms with E-state index in [1.807, 2.05) is 25.2 Å². The summed E-state index contributed by atoms with van der Waals surface area (Å²) in [5.41, 5.74) is 0.901. The van der Waals surface area contributed by atoms with E-state index in [1.165, 1.54) is 0 Å². The van der Waals surface area contributed by atoms with Crippen molar-refractivity contribution < 1.29 is 0 Å². The number of halogens is 2. The summed E-state index contributed by atoms with van der Waals surface area (Å²) in [5, 5.41) is 4.88. The van der Waals surface area contributed by atoms with E-state index >= 15 is 0 Å².